The largest absolute Gasteiger partial charge is 0.348 e. The lowest BCUT2D eigenvalue weighted by molar-refractivity contribution is -0.671. The van der Waals surface area contributed by atoms with Gasteiger partial charge in [0.2, 0.25) is 5.43 Å². The van der Waals surface area contributed by atoms with E-state index in [9.17, 15) is 9.59 Å². The summed E-state index contributed by atoms with van der Waals surface area (Å²) in [5, 5.41) is 7.59. The van der Waals surface area contributed by atoms with Crippen molar-refractivity contribution in [2.75, 3.05) is 0 Å². The van der Waals surface area contributed by atoms with Gasteiger partial charge in [0.15, 0.2) is 23.7 Å². The lowest BCUT2D eigenvalue weighted by atomic mass is 10.1. The van der Waals surface area contributed by atoms with Crippen LogP contribution in [0.3, 0.4) is 0 Å². The number of nitrogens with one attached hydrogen (secondary N) is 1. The van der Waals surface area contributed by atoms with E-state index in [1.54, 1.807) is 18.3 Å². The lowest BCUT2D eigenvalue weighted by Gasteiger charge is -2.11. The van der Waals surface area contributed by atoms with Gasteiger partial charge in [-0.3, -0.25) is 9.59 Å². The molecular weight excluding hydrogens is 402 g/mol. The fourth-order valence-corrected chi connectivity index (χ4v) is 3.39. The van der Waals surface area contributed by atoms with Gasteiger partial charge in [-0.1, -0.05) is 17.9 Å². The molecule has 1 saturated carbocycles. The highest BCUT2D eigenvalue weighted by Crippen LogP contribution is 2.19. The number of nitrogens with zero attached hydrogens (tertiary/aromatic N) is 4. The van der Waals surface area contributed by atoms with Gasteiger partial charge in [-0.15, -0.1) is 0 Å². The van der Waals surface area contributed by atoms with Crippen LogP contribution in [0.15, 0.2) is 71.9 Å². The number of carbonyl (C=O) groups excluding carboxylic acids is 1. The van der Waals surface area contributed by atoms with Crippen molar-refractivity contribution in [1.82, 2.24) is 20.1 Å². The van der Waals surface area contributed by atoms with Crippen molar-refractivity contribution in [3.8, 4) is 17.5 Å². The van der Waals surface area contributed by atoms with E-state index in [2.05, 4.69) is 27.2 Å². The standard InChI is InChI=1S/C25H19N5O2/c1-29-14-4-6-18(16-29)10-9-17-5-2-7-20(15-17)30-24-21(8-3-13-26-24)23(31)22(28-30)25(32)27-19-11-12-19/h2-8,13-16,19H,11-12H2,1H3/p+1. The molecule has 0 unspecified atom stereocenters. The lowest BCUT2D eigenvalue weighted by Crippen LogP contribution is -2.33. The Bertz CT molecular complexity index is 1480. The van der Waals surface area contributed by atoms with Gasteiger partial charge in [0.25, 0.3) is 5.91 Å². The molecule has 0 spiro atoms. The van der Waals surface area contributed by atoms with Crippen LogP contribution in [0.1, 0.15) is 34.5 Å². The van der Waals surface area contributed by atoms with E-state index in [1.807, 2.05) is 60.4 Å². The van der Waals surface area contributed by atoms with Gasteiger partial charge in [-0.05, 0) is 49.2 Å². The molecule has 1 fully saturated rings. The van der Waals surface area contributed by atoms with Crippen LogP contribution in [0.2, 0.25) is 0 Å². The minimum Gasteiger partial charge on any atom is -0.348 e. The van der Waals surface area contributed by atoms with Crippen molar-refractivity contribution in [2.45, 2.75) is 18.9 Å². The second-order valence-corrected chi connectivity index (χ2v) is 7.77. The third kappa shape index (κ3) is 3.98. The first-order valence-electron chi connectivity index (χ1n) is 10.4. The zero-order chi connectivity index (χ0) is 22.1. The van der Waals surface area contributed by atoms with Crippen LogP contribution < -0.4 is 15.3 Å². The molecule has 3 heterocycles. The van der Waals surface area contributed by atoms with E-state index in [0.717, 1.165) is 24.0 Å². The maximum absolute atomic E-state index is 12.9. The Hall–Kier alpha value is -4.31. The Morgan fingerprint density at radius 1 is 1.12 bits per heavy atom. The molecule has 7 heteroatoms. The van der Waals surface area contributed by atoms with Crippen molar-refractivity contribution < 1.29 is 9.36 Å². The van der Waals surface area contributed by atoms with Crippen LogP contribution in [0.25, 0.3) is 16.7 Å². The number of pyridine rings is 2. The fraction of sp³-hybridized carbons (Fsp3) is 0.160. The molecule has 0 saturated heterocycles. The Balaban J connectivity index is 1.60. The van der Waals surface area contributed by atoms with Crippen LogP contribution in [-0.2, 0) is 7.05 Å². The Morgan fingerprint density at radius 3 is 2.75 bits per heavy atom. The van der Waals surface area contributed by atoms with E-state index in [0.29, 0.717) is 16.7 Å². The summed E-state index contributed by atoms with van der Waals surface area (Å²) in [6.07, 6.45) is 7.35. The second-order valence-electron chi connectivity index (χ2n) is 7.77. The number of amides is 1. The van der Waals surface area contributed by atoms with E-state index >= 15 is 0 Å². The molecule has 4 aromatic rings. The van der Waals surface area contributed by atoms with Gasteiger partial charge < -0.3 is 5.32 Å². The van der Waals surface area contributed by atoms with Crippen LogP contribution in [-0.4, -0.2) is 26.7 Å². The van der Waals surface area contributed by atoms with Crippen LogP contribution in [0.4, 0.5) is 0 Å². The molecule has 3 aromatic heterocycles. The number of rotatable bonds is 3. The molecule has 0 bridgehead atoms. The van der Waals surface area contributed by atoms with Gasteiger partial charge in [-0.25, -0.2) is 14.2 Å². The quantitative estimate of drug-likeness (QED) is 0.404. The highest BCUT2D eigenvalue weighted by Gasteiger charge is 2.27. The highest BCUT2D eigenvalue weighted by molar-refractivity contribution is 5.95. The van der Waals surface area contributed by atoms with Gasteiger partial charge in [0.05, 0.1) is 16.6 Å². The topological polar surface area (TPSA) is 80.8 Å². The van der Waals surface area contributed by atoms with Crippen LogP contribution in [0.5, 0.6) is 0 Å². The molecule has 0 aliphatic heterocycles. The molecule has 0 radical (unpaired) electrons. The SMILES string of the molecule is C[n+]1cccc(C#Cc2cccc(-n3nc(C(=O)NC4CC4)c(=O)c4cccnc43)c2)c1. The van der Waals surface area contributed by atoms with Crippen molar-refractivity contribution >= 4 is 16.9 Å². The molecule has 156 valence electrons. The predicted octanol–water partition coefficient (Wildman–Crippen LogP) is 1.90. The van der Waals surface area contributed by atoms with Gasteiger partial charge in [0, 0.05) is 23.9 Å². The maximum Gasteiger partial charge on any atom is 0.276 e. The number of hydrogen-bond acceptors (Lipinski definition) is 4. The first kappa shape index (κ1) is 19.6. The van der Waals surface area contributed by atoms with Crippen molar-refractivity contribution in [3.63, 3.8) is 0 Å². The average molecular weight is 422 g/mol. The zero-order valence-electron chi connectivity index (χ0n) is 17.4. The summed E-state index contributed by atoms with van der Waals surface area (Å²) >= 11 is 0. The normalized spacial score (nSPS) is 12.8. The van der Waals surface area contributed by atoms with E-state index in [1.165, 1.54) is 4.68 Å². The summed E-state index contributed by atoms with van der Waals surface area (Å²) < 4.78 is 3.48. The summed E-state index contributed by atoms with van der Waals surface area (Å²) in [5.74, 6) is 5.86. The zero-order valence-corrected chi connectivity index (χ0v) is 17.4. The van der Waals surface area contributed by atoms with Gasteiger partial charge in [0.1, 0.15) is 7.05 Å². The first-order valence-corrected chi connectivity index (χ1v) is 10.4. The maximum atomic E-state index is 12.9. The van der Waals surface area contributed by atoms with Crippen LogP contribution >= 0.6 is 0 Å². The number of benzene rings is 1. The molecule has 1 aliphatic carbocycles. The molecule has 1 N–H and O–H groups in total. The van der Waals surface area contributed by atoms with E-state index in [-0.39, 0.29) is 11.7 Å². The third-order valence-corrected chi connectivity index (χ3v) is 5.16. The smallest absolute Gasteiger partial charge is 0.276 e. The number of fused-ring (bicyclic) bond motifs is 1. The highest BCUT2D eigenvalue weighted by atomic mass is 16.2. The fourth-order valence-electron chi connectivity index (χ4n) is 3.39. The van der Waals surface area contributed by atoms with E-state index < -0.39 is 11.3 Å². The van der Waals surface area contributed by atoms with E-state index in [4.69, 9.17) is 0 Å². The summed E-state index contributed by atoms with van der Waals surface area (Å²) in [4.78, 5) is 29.9. The summed E-state index contributed by atoms with van der Waals surface area (Å²) in [5.41, 5.74) is 2.18. The Kier molecular flexibility index (Phi) is 4.96. The summed E-state index contributed by atoms with van der Waals surface area (Å²) in [7, 11) is 1.95. The van der Waals surface area contributed by atoms with Crippen molar-refractivity contribution in [2.24, 2.45) is 7.05 Å². The van der Waals surface area contributed by atoms with Gasteiger partial charge >= 0.3 is 0 Å². The molecule has 32 heavy (non-hydrogen) atoms. The Labute approximate surface area is 184 Å². The van der Waals surface area contributed by atoms with Gasteiger partial charge in [-0.2, -0.15) is 5.10 Å². The number of hydrogen-bond donors (Lipinski definition) is 1. The average Bonchev–Trinajstić information content (AvgIpc) is 3.62. The summed E-state index contributed by atoms with van der Waals surface area (Å²) in [6, 6.07) is 14.8. The summed E-state index contributed by atoms with van der Waals surface area (Å²) in [6.45, 7) is 0. The number of carbonyl (C=O) groups is 1. The molecule has 1 aliphatic rings. The van der Waals surface area contributed by atoms with Crippen molar-refractivity contribution in [1.29, 1.82) is 0 Å². The third-order valence-electron chi connectivity index (χ3n) is 5.16. The van der Waals surface area contributed by atoms with Crippen LogP contribution in [0, 0.1) is 11.8 Å². The molecular formula is C25H20N5O2+. The molecule has 5 rings (SSSR count). The second kappa shape index (κ2) is 8.08. The number of aryl methyl sites for hydroxylation is 1. The number of aromatic nitrogens is 4. The predicted molar refractivity (Wildman–Crippen MR) is 119 cm³/mol. The molecule has 1 aromatic carbocycles. The Morgan fingerprint density at radius 2 is 1.94 bits per heavy atom. The monoisotopic (exact) mass is 422 g/mol. The molecule has 0 atom stereocenters. The first-order chi connectivity index (χ1) is 15.6. The minimum atomic E-state index is -0.454. The van der Waals surface area contributed by atoms with Crippen molar-refractivity contribution in [3.05, 3.63) is 94.2 Å². The molecule has 7 nitrogen and oxygen atoms in total. The minimum absolute atomic E-state index is 0.125. The molecule has 1 amide bonds.